The first-order valence-corrected chi connectivity index (χ1v) is 6.24. The maximum absolute atomic E-state index is 11.5. The van der Waals surface area contributed by atoms with Crippen molar-refractivity contribution < 1.29 is 9.59 Å². The van der Waals surface area contributed by atoms with Crippen molar-refractivity contribution in [2.45, 2.75) is 6.92 Å². The quantitative estimate of drug-likeness (QED) is 0.835. The summed E-state index contributed by atoms with van der Waals surface area (Å²) in [6.45, 7) is 1.80. The van der Waals surface area contributed by atoms with E-state index in [-0.39, 0.29) is 24.2 Å². The molecule has 0 unspecified atom stereocenters. The lowest BCUT2D eigenvalue weighted by molar-refractivity contribution is -0.122. The van der Waals surface area contributed by atoms with Crippen LogP contribution in [-0.2, 0) is 9.59 Å². The van der Waals surface area contributed by atoms with E-state index in [9.17, 15) is 9.59 Å². The van der Waals surface area contributed by atoms with E-state index < -0.39 is 0 Å². The molecule has 2 amide bonds. The SMILES string of the molecule is Cc1ccc(Br)cc1NC(=O)CNC(=O)CCl. The number of carbonyl (C=O) groups is 2. The van der Waals surface area contributed by atoms with Crippen LogP contribution >= 0.6 is 27.5 Å². The summed E-state index contributed by atoms with van der Waals surface area (Å²) in [5, 5.41) is 5.10. The van der Waals surface area contributed by atoms with Crippen molar-refractivity contribution in [2.75, 3.05) is 17.7 Å². The zero-order valence-corrected chi connectivity index (χ0v) is 11.6. The molecule has 0 aliphatic carbocycles. The van der Waals surface area contributed by atoms with E-state index in [1.54, 1.807) is 6.07 Å². The highest BCUT2D eigenvalue weighted by Gasteiger charge is 2.06. The van der Waals surface area contributed by atoms with Gasteiger partial charge in [-0.15, -0.1) is 11.6 Å². The van der Waals surface area contributed by atoms with E-state index in [4.69, 9.17) is 11.6 Å². The summed E-state index contributed by atoms with van der Waals surface area (Å²) in [4.78, 5) is 22.4. The van der Waals surface area contributed by atoms with Crippen molar-refractivity contribution in [2.24, 2.45) is 0 Å². The first kappa shape index (κ1) is 14.0. The molecule has 1 aromatic rings. The third-order valence-electron chi connectivity index (χ3n) is 2.04. The fraction of sp³-hybridized carbons (Fsp3) is 0.273. The van der Waals surface area contributed by atoms with Gasteiger partial charge in [-0.3, -0.25) is 9.59 Å². The molecule has 0 aliphatic rings. The summed E-state index contributed by atoms with van der Waals surface area (Å²) in [6, 6.07) is 5.58. The van der Waals surface area contributed by atoms with Crippen molar-refractivity contribution in [1.29, 1.82) is 0 Å². The number of hydrogen-bond acceptors (Lipinski definition) is 2. The maximum atomic E-state index is 11.5. The highest BCUT2D eigenvalue weighted by atomic mass is 79.9. The van der Waals surface area contributed by atoms with Gasteiger partial charge in [-0.1, -0.05) is 22.0 Å². The van der Waals surface area contributed by atoms with Crippen LogP contribution in [0.3, 0.4) is 0 Å². The monoisotopic (exact) mass is 318 g/mol. The molecule has 4 nitrogen and oxygen atoms in total. The number of aryl methyl sites for hydroxylation is 1. The second-order valence-electron chi connectivity index (χ2n) is 3.42. The molecule has 0 aromatic heterocycles. The number of alkyl halides is 1. The Morgan fingerprint density at radius 1 is 1.35 bits per heavy atom. The number of nitrogens with one attached hydrogen (secondary N) is 2. The molecule has 1 rings (SSSR count). The van der Waals surface area contributed by atoms with Gasteiger partial charge in [-0.25, -0.2) is 0 Å². The summed E-state index contributed by atoms with van der Waals surface area (Å²) < 4.78 is 0.878. The maximum Gasteiger partial charge on any atom is 0.243 e. The zero-order valence-electron chi connectivity index (χ0n) is 9.22. The largest absolute Gasteiger partial charge is 0.346 e. The average Bonchev–Trinajstić information content (AvgIpc) is 2.30. The Morgan fingerprint density at radius 3 is 2.71 bits per heavy atom. The minimum absolute atomic E-state index is 0.0858. The summed E-state index contributed by atoms with van der Waals surface area (Å²) in [6.07, 6.45) is 0. The van der Waals surface area contributed by atoms with Gasteiger partial charge in [0.05, 0.1) is 6.54 Å². The summed E-state index contributed by atoms with van der Waals surface area (Å²) in [7, 11) is 0. The molecule has 6 heteroatoms. The molecule has 0 saturated heterocycles. The summed E-state index contributed by atoms with van der Waals surface area (Å²) >= 11 is 8.61. The molecule has 0 aliphatic heterocycles. The highest BCUT2D eigenvalue weighted by molar-refractivity contribution is 9.10. The number of halogens is 2. The summed E-state index contributed by atoms with van der Waals surface area (Å²) in [5.74, 6) is -0.805. The standard InChI is InChI=1S/C11H12BrClN2O2/c1-7-2-3-8(12)4-9(7)15-11(17)6-14-10(16)5-13/h2-4H,5-6H2,1H3,(H,14,16)(H,15,17). The molecule has 0 spiro atoms. The highest BCUT2D eigenvalue weighted by Crippen LogP contribution is 2.20. The van der Waals surface area contributed by atoms with Crippen LogP contribution in [0.5, 0.6) is 0 Å². The molecule has 0 saturated carbocycles. The Labute approximate surface area is 113 Å². The van der Waals surface area contributed by atoms with E-state index in [0.717, 1.165) is 10.0 Å². The van der Waals surface area contributed by atoms with E-state index in [2.05, 4.69) is 26.6 Å². The first-order valence-electron chi connectivity index (χ1n) is 4.91. The van der Waals surface area contributed by atoms with Crippen LogP contribution in [0.25, 0.3) is 0 Å². The Bertz CT molecular complexity index is 437. The Morgan fingerprint density at radius 2 is 2.06 bits per heavy atom. The predicted molar refractivity (Wildman–Crippen MR) is 71.2 cm³/mol. The fourth-order valence-corrected chi connectivity index (χ4v) is 1.60. The average molecular weight is 320 g/mol. The van der Waals surface area contributed by atoms with Gasteiger partial charge in [0, 0.05) is 10.2 Å². The van der Waals surface area contributed by atoms with Gasteiger partial charge < -0.3 is 10.6 Å². The van der Waals surface area contributed by atoms with Crippen molar-refractivity contribution in [1.82, 2.24) is 5.32 Å². The minimum Gasteiger partial charge on any atom is -0.346 e. The van der Waals surface area contributed by atoms with Crippen LogP contribution in [-0.4, -0.2) is 24.2 Å². The van der Waals surface area contributed by atoms with Gasteiger partial charge in [-0.05, 0) is 24.6 Å². The van der Waals surface area contributed by atoms with Gasteiger partial charge in [0.1, 0.15) is 5.88 Å². The van der Waals surface area contributed by atoms with Gasteiger partial charge in [0.2, 0.25) is 11.8 Å². The second-order valence-corrected chi connectivity index (χ2v) is 4.60. The molecule has 0 atom stereocenters. The number of rotatable bonds is 4. The van der Waals surface area contributed by atoms with Crippen molar-refractivity contribution in [3.05, 3.63) is 28.2 Å². The predicted octanol–water partition coefficient (Wildman–Crippen LogP) is 2.05. The second kappa shape index (κ2) is 6.61. The summed E-state index contributed by atoms with van der Waals surface area (Å²) in [5.41, 5.74) is 1.66. The lowest BCUT2D eigenvalue weighted by Crippen LogP contribution is -2.33. The van der Waals surface area contributed by atoms with Crippen LogP contribution in [0.4, 0.5) is 5.69 Å². The van der Waals surface area contributed by atoms with Gasteiger partial charge >= 0.3 is 0 Å². The fourth-order valence-electron chi connectivity index (χ4n) is 1.15. The Balaban J connectivity index is 2.56. The van der Waals surface area contributed by atoms with Crippen LogP contribution in [0, 0.1) is 6.92 Å². The first-order chi connectivity index (χ1) is 8.02. The van der Waals surface area contributed by atoms with Crippen LogP contribution in [0.2, 0.25) is 0 Å². The Hall–Kier alpha value is -1.07. The van der Waals surface area contributed by atoms with Crippen LogP contribution < -0.4 is 10.6 Å². The zero-order chi connectivity index (χ0) is 12.8. The lowest BCUT2D eigenvalue weighted by atomic mass is 10.2. The van der Waals surface area contributed by atoms with Crippen LogP contribution in [0.1, 0.15) is 5.56 Å². The van der Waals surface area contributed by atoms with E-state index >= 15 is 0 Å². The van der Waals surface area contributed by atoms with Crippen molar-refractivity contribution in [3.63, 3.8) is 0 Å². The van der Waals surface area contributed by atoms with Gasteiger partial charge in [-0.2, -0.15) is 0 Å². The van der Waals surface area contributed by atoms with Crippen molar-refractivity contribution in [3.8, 4) is 0 Å². The molecular formula is C11H12BrClN2O2. The number of anilines is 1. The molecule has 0 bridgehead atoms. The molecule has 1 aromatic carbocycles. The number of carbonyl (C=O) groups excluding carboxylic acids is 2. The molecule has 92 valence electrons. The number of hydrogen-bond donors (Lipinski definition) is 2. The topological polar surface area (TPSA) is 58.2 Å². The third-order valence-corrected chi connectivity index (χ3v) is 2.78. The smallest absolute Gasteiger partial charge is 0.243 e. The molecule has 17 heavy (non-hydrogen) atoms. The molecule has 0 fully saturated rings. The van der Waals surface area contributed by atoms with E-state index in [1.165, 1.54) is 0 Å². The number of amides is 2. The van der Waals surface area contributed by atoms with Crippen LogP contribution in [0.15, 0.2) is 22.7 Å². The Kier molecular flexibility index (Phi) is 5.44. The molecule has 2 N–H and O–H groups in total. The van der Waals surface area contributed by atoms with E-state index in [0.29, 0.717) is 5.69 Å². The van der Waals surface area contributed by atoms with E-state index in [1.807, 2.05) is 19.1 Å². The molecule has 0 radical (unpaired) electrons. The minimum atomic E-state index is -0.368. The number of benzene rings is 1. The van der Waals surface area contributed by atoms with Gasteiger partial charge in [0.15, 0.2) is 0 Å². The molecule has 0 heterocycles. The van der Waals surface area contributed by atoms with Gasteiger partial charge in [0.25, 0.3) is 0 Å². The third kappa shape index (κ3) is 4.75. The van der Waals surface area contributed by atoms with Crippen molar-refractivity contribution >= 4 is 45.0 Å². The lowest BCUT2D eigenvalue weighted by Gasteiger charge is -2.09. The molecular weight excluding hydrogens is 307 g/mol. The normalized spacial score (nSPS) is 9.82.